The lowest BCUT2D eigenvalue weighted by Crippen LogP contribution is -2.32. The van der Waals surface area contributed by atoms with E-state index >= 15 is 0 Å². The van der Waals surface area contributed by atoms with E-state index in [0.717, 1.165) is 32.1 Å². The fourth-order valence-corrected chi connectivity index (χ4v) is 4.44. The standard InChI is InChI=1S/C12H20O5S2/c1-8(2)10(13)12(19(15,16)17)18-11(14)9-6-4-3-5-7-9/h8-9,12H,3-7H2,1-2H3,(H,15,16,17). The molecule has 0 radical (unpaired) electrons. The number of rotatable bonds is 5. The first-order valence-corrected chi connectivity index (χ1v) is 8.82. The predicted molar refractivity (Wildman–Crippen MR) is 74.4 cm³/mol. The molecule has 7 heteroatoms. The number of thioether (sulfide) groups is 1. The van der Waals surface area contributed by atoms with Gasteiger partial charge in [-0.05, 0) is 12.8 Å². The molecule has 0 saturated heterocycles. The fraction of sp³-hybridized carbons (Fsp3) is 0.833. The molecule has 1 unspecified atom stereocenters. The summed E-state index contributed by atoms with van der Waals surface area (Å²) in [6.45, 7) is 3.10. The van der Waals surface area contributed by atoms with Gasteiger partial charge in [-0.2, -0.15) is 8.42 Å². The Morgan fingerprint density at radius 3 is 2.11 bits per heavy atom. The number of hydrogen-bond acceptors (Lipinski definition) is 5. The van der Waals surface area contributed by atoms with Crippen molar-refractivity contribution in [3.8, 4) is 0 Å². The molecule has 1 atom stereocenters. The first-order valence-electron chi connectivity index (χ1n) is 6.44. The molecule has 1 rings (SSSR count). The monoisotopic (exact) mass is 308 g/mol. The first-order chi connectivity index (χ1) is 8.73. The Kier molecular flexibility index (Phi) is 6.01. The Bertz CT molecular complexity index is 435. The lowest BCUT2D eigenvalue weighted by Gasteiger charge is -2.21. The summed E-state index contributed by atoms with van der Waals surface area (Å²) in [6.07, 6.45) is 4.46. The van der Waals surface area contributed by atoms with E-state index in [4.69, 9.17) is 4.55 Å². The molecule has 0 heterocycles. The van der Waals surface area contributed by atoms with Crippen LogP contribution in [0.25, 0.3) is 0 Å². The summed E-state index contributed by atoms with van der Waals surface area (Å²) < 4.78 is 30.0. The smallest absolute Gasteiger partial charge is 0.285 e. The highest BCUT2D eigenvalue weighted by molar-refractivity contribution is 8.22. The second-order valence-electron chi connectivity index (χ2n) is 5.18. The van der Waals surface area contributed by atoms with Crippen molar-refractivity contribution in [2.75, 3.05) is 0 Å². The first kappa shape index (κ1) is 16.7. The topological polar surface area (TPSA) is 88.5 Å². The number of carbonyl (C=O) groups is 2. The summed E-state index contributed by atoms with van der Waals surface area (Å²) in [7, 11) is -4.55. The number of ketones is 1. The maximum Gasteiger partial charge on any atom is 0.285 e. The van der Waals surface area contributed by atoms with E-state index in [1.54, 1.807) is 13.8 Å². The van der Waals surface area contributed by atoms with Crippen molar-refractivity contribution < 1.29 is 22.6 Å². The van der Waals surface area contributed by atoms with Crippen LogP contribution in [0.5, 0.6) is 0 Å². The maximum absolute atomic E-state index is 12.0. The lowest BCUT2D eigenvalue weighted by molar-refractivity contribution is -0.120. The van der Waals surface area contributed by atoms with E-state index in [-0.39, 0.29) is 11.0 Å². The Labute approximate surface area is 118 Å². The number of carbonyl (C=O) groups excluding carboxylic acids is 2. The molecule has 1 saturated carbocycles. The summed E-state index contributed by atoms with van der Waals surface area (Å²) in [5, 5.41) is -0.295. The Balaban J connectivity index is 2.78. The van der Waals surface area contributed by atoms with Gasteiger partial charge in [-0.1, -0.05) is 44.9 Å². The normalized spacial score (nSPS) is 19.4. The van der Waals surface area contributed by atoms with Gasteiger partial charge in [0, 0.05) is 11.8 Å². The van der Waals surface area contributed by atoms with Crippen LogP contribution >= 0.6 is 11.8 Å². The zero-order chi connectivity index (χ0) is 14.6. The van der Waals surface area contributed by atoms with Gasteiger partial charge in [0.2, 0.25) is 0 Å². The molecule has 1 N–H and O–H groups in total. The van der Waals surface area contributed by atoms with Crippen LogP contribution in [0, 0.1) is 11.8 Å². The van der Waals surface area contributed by atoms with Crippen molar-refractivity contribution in [2.24, 2.45) is 11.8 Å². The van der Waals surface area contributed by atoms with Crippen molar-refractivity contribution in [3.63, 3.8) is 0 Å². The number of Topliss-reactive ketones (excluding diaryl/α,β-unsaturated/α-hetero) is 1. The Morgan fingerprint density at radius 1 is 1.16 bits per heavy atom. The average molecular weight is 308 g/mol. The van der Waals surface area contributed by atoms with Gasteiger partial charge in [-0.15, -0.1) is 0 Å². The van der Waals surface area contributed by atoms with Gasteiger partial charge in [-0.3, -0.25) is 14.1 Å². The molecule has 0 aromatic rings. The van der Waals surface area contributed by atoms with Gasteiger partial charge >= 0.3 is 0 Å². The van der Waals surface area contributed by atoms with E-state index in [0.29, 0.717) is 11.8 Å². The van der Waals surface area contributed by atoms with Crippen LogP contribution in [0.1, 0.15) is 46.0 Å². The minimum absolute atomic E-state index is 0.192. The van der Waals surface area contributed by atoms with Crippen LogP contribution < -0.4 is 0 Å². The highest BCUT2D eigenvalue weighted by Crippen LogP contribution is 2.31. The van der Waals surface area contributed by atoms with Gasteiger partial charge in [-0.25, -0.2) is 0 Å². The Morgan fingerprint density at radius 2 is 1.68 bits per heavy atom. The van der Waals surface area contributed by atoms with Gasteiger partial charge in [0.1, 0.15) is 0 Å². The van der Waals surface area contributed by atoms with Gasteiger partial charge < -0.3 is 0 Å². The van der Waals surface area contributed by atoms with Crippen LogP contribution in [-0.4, -0.2) is 28.5 Å². The third kappa shape index (κ3) is 4.89. The third-order valence-corrected chi connectivity index (χ3v) is 6.04. The summed E-state index contributed by atoms with van der Waals surface area (Å²) in [5.41, 5.74) is 0. The molecule has 0 amide bonds. The maximum atomic E-state index is 12.0. The minimum atomic E-state index is -4.55. The molecular weight excluding hydrogens is 288 g/mol. The second-order valence-corrected chi connectivity index (χ2v) is 8.09. The summed E-state index contributed by atoms with van der Waals surface area (Å²) in [5.74, 6) is -1.36. The molecule has 1 fully saturated rings. The molecule has 19 heavy (non-hydrogen) atoms. The average Bonchev–Trinajstić information content (AvgIpc) is 2.34. The van der Waals surface area contributed by atoms with E-state index in [1.165, 1.54) is 0 Å². The highest BCUT2D eigenvalue weighted by atomic mass is 32.3. The zero-order valence-electron chi connectivity index (χ0n) is 11.2. The van der Waals surface area contributed by atoms with E-state index in [9.17, 15) is 18.0 Å². The molecule has 1 aliphatic carbocycles. The molecule has 0 spiro atoms. The van der Waals surface area contributed by atoms with E-state index in [2.05, 4.69) is 0 Å². The summed E-state index contributed by atoms with van der Waals surface area (Å²) in [6, 6.07) is 0. The summed E-state index contributed by atoms with van der Waals surface area (Å²) in [4.78, 5) is 23.8. The third-order valence-electron chi connectivity index (χ3n) is 3.23. The summed E-state index contributed by atoms with van der Waals surface area (Å²) >= 11 is 0.468. The molecule has 0 aliphatic heterocycles. The van der Waals surface area contributed by atoms with E-state index in [1.807, 2.05) is 0 Å². The quantitative estimate of drug-likeness (QED) is 0.784. The number of hydrogen-bond donors (Lipinski definition) is 1. The van der Waals surface area contributed by atoms with Crippen LogP contribution in [0.3, 0.4) is 0 Å². The minimum Gasteiger partial charge on any atom is -0.297 e. The lowest BCUT2D eigenvalue weighted by atomic mass is 9.90. The van der Waals surface area contributed by atoms with Gasteiger partial charge in [0.15, 0.2) is 15.5 Å². The van der Waals surface area contributed by atoms with Crippen LogP contribution in [0.15, 0.2) is 0 Å². The zero-order valence-corrected chi connectivity index (χ0v) is 12.8. The molecule has 5 nitrogen and oxygen atoms in total. The second kappa shape index (κ2) is 6.85. The molecule has 110 valence electrons. The molecule has 0 aromatic carbocycles. The van der Waals surface area contributed by atoms with Crippen molar-refractivity contribution in [2.45, 2.75) is 50.5 Å². The van der Waals surface area contributed by atoms with Crippen molar-refractivity contribution in [3.05, 3.63) is 0 Å². The van der Waals surface area contributed by atoms with E-state index < -0.39 is 26.4 Å². The van der Waals surface area contributed by atoms with Crippen LogP contribution in [0.2, 0.25) is 0 Å². The SMILES string of the molecule is CC(C)C(=O)C(SC(=O)C1CCCCC1)S(=O)(=O)O. The van der Waals surface area contributed by atoms with Crippen molar-refractivity contribution in [1.29, 1.82) is 0 Å². The predicted octanol–water partition coefficient (Wildman–Crippen LogP) is 2.27. The van der Waals surface area contributed by atoms with Crippen LogP contribution in [0.4, 0.5) is 0 Å². The van der Waals surface area contributed by atoms with Crippen molar-refractivity contribution in [1.82, 2.24) is 0 Å². The molecule has 0 aromatic heterocycles. The highest BCUT2D eigenvalue weighted by Gasteiger charge is 2.37. The van der Waals surface area contributed by atoms with Gasteiger partial charge in [0.25, 0.3) is 10.1 Å². The molecular formula is C12H20O5S2. The largest absolute Gasteiger partial charge is 0.297 e. The fourth-order valence-electron chi connectivity index (χ4n) is 2.08. The van der Waals surface area contributed by atoms with Gasteiger partial charge in [0.05, 0.1) is 0 Å². The molecule has 0 bridgehead atoms. The van der Waals surface area contributed by atoms with Crippen molar-refractivity contribution >= 4 is 32.8 Å². The molecule has 1 aliphatic rings. The Hall–Kier alpha value is -0.400. The van der Waals surface area contributed by atoms with Crippen LogP contribution in [-0.2, 0) is 19.7 Å².